The van der Waals surface area contributed by atoms with E-state index in [2.05, 4.69) is 31.7 Å². The molecule has 92 valence electrons. The van der Waals surface area contributed by atoms with Gasteiger partial charge >= 0.3 is 0 Å². The van der Waals surface area contributed by atoms with Crippen LogP contribution in [0, 0.1) is 0 Å². The van der Waals surface area contributed by atoms with Crippen LogP contribution in [0.2, 0.25) is 0 Å². The quantitative estimate of drug-likeness (QED) is 0.723. The summed E-state index contributed by atoms with van der Waals surface area (Å²) in [5.41, 5.74) is 2.29. The fourth-order valence-corrected chi connectivity index (χ4v) is 1.91. The minimum atomic E-state index is 0.131. The number of rotatable bonds is 4. The van der Waals surface area contributed by atoms with Gasteiger partial charge in [-0.3, -0.25) is 5.10 Å². The van der Waals surface area contributed by atoms with Crippen LogP contribution >= 0.6 is 0 Å². The topological polar surface area (TPSA) is 70.9 Å². The van der Waals surface area contributed by atoms with Crippen LogP contribution in [0.25, 0.3) is 5.52 Å². The second-order valence-electron chi connectivity index (χ2n) is 4.17. The van der Waals surface area contributed by atoms with Gasteiger partial charge in [-0.25, -0.2) is 9.50 Å². The zero-order valence-corrected chi connectivity index (χ0v) is 10.0. The van der Waals surface area contributed by atoms with E-state index >= 15 is 0 Å². The molecule has 1 atom stereocenters. The lowest BCUT2D eigenvalue weighted by Gasteiger charge is -2.09. The predicted octanol–water partition coefficient (Wildman–Crippen LogP) is 1.30. The van der Waals surface area contributed by atoms with Crippen molar-refractivity contribution in [3.8, 4) is 0 Å². The molecule has 0 saturated heterocycles. The highest BCUT2D eigenvalue weighted by Crippen LogP contribution is 2.12. The van der Waals surface area contributed by atoms with Crippen LogP contribution < -0.4 is 5.32 Å². The van der Waals surface area contributed by atoms with E-state index in [1.165, 1.54) is 11.9 Å². The maximum Gasteiger partial charge on any atom is 0.141 e. The molecule has 0 bridgehead atoms. The fraction of sp³-hybridized carbons (Fsp3) is 0.250. The van der Waals surface area contributed by atoms with E-state index in [4.69, 9.17) is 0 Å². The van der Waals surface area contributed by atoms with Gasteiger partial charge in [0.2, 0.25) is 0 Å². The van der Waals surface area contributed by atoms with Crippen molar-refractivity contribution < 1.29 is 0 Å². The van der Waals surface area contributed by atoms with E-state index in [1.807, 2.05) is 36.0 Å². The molecule has 3 aromatic rings. The molecule has 0 saturated carbocycles. The van der Waals surface area contributed by atoms with Crippen molar-refractivity contribution in [1.82, 2.24) is 30.1 Å². The first-order valence-electron chi connectivity index (χ1n) is 5.84. The van der Waals surface area contributed by atoms with E-state index in [9.17, 15) is 0 Å². The molecule has 0 fully saturated rings. The van der Waals surface area contributed by atoms with Gasteiger partial charge < -0.3 is 5.32 Å². The molecular weight excluding hydrogens is 228 g/mol. The van der Waals surface area contributed by atoms with Crippen molar-refractivity contribution in [3.05, 3.63) is 48.3 Å². The smallest absolute Gasteiger partial charge is 0.141 e. The third-order valence-electron chi connectivity index (χ3n) is 2.95. The van der Waals surface area contributed by atoms with Crippen molar-refractivity contribution in [1.29, 1.82) is 0 Å². The van der Waals surface area contributed by atoms with Crippen molar-refractivity contribution >= 4 is 5.52 Å². The average Bonchev–Trinajstić information content (AvgIpc) is 3.06. The summed E-state index contributed by atoms with van der Waals surface area (Å²) < 4.78 is 1.87. The van der Waals surface area contributed by atoms with E-state index in [0.717, 1.165) is 17.9 Å². The van der Waals surface area contributed by atoms with Crippen molar-refractivity contribution in [2.24, 2.45) is 0 Å². The number of hydrogen-bond donors (Lipinski definition) is 2. The first-order valence-corrected chi connectivity index (χ1v) is 5.84. The van der Waals surface area contributed by atoms with Crippen LogP contribution in [-0.4, -0.2) is 24.8 Å². The molecule has 18 heavy (non-hydrogen) atoms. The van der Waals surface area contributed by atoms with Crippen molar-refractivity contribution in [3.63, 3.8) is 0 Å². The van der Waals surface area contributed by atoms with Crippen LogP contribution in [0.4, 0.5) is 0 Å². The highest BCUT2D eigenvalue weighted by molar-refractivity contribution is 5.53. The van der Waals surface area contributed by atoms with Gasteiger partial charge in [-0.1, -0.05) is 6.07 Å². The Labute approximate surface area is 104 Å². The molecule has 6 heteroatoms. The third-order valence-corrected chi connectivity index (χ3v) is 2.95. The molecule has 0 spiro atoms. The van der Waals surface area contributed by atoms with Gasteiger partial charge in [0.1, 0.15) is 12.2 Å². The fourth-order valence-electron chi connectivity index (χ4n) is 1.91. The number of fused-ring (bicyclic) bond motifs is 1. The average molecular weight is 242 g/mol. The molecule has 0 aliphatic rings. The monoisotopic (exact) mass is 242 g/mol. The van der Waals surface area contributed by atoms with Crippen molar-refractivity contribution in [2.45, 2.75) is 19.5 Å². The van der Waals surface area contributed by atoms with E-state index in [-0.39, 0.29) is 6.04 Å². The lowest BCUT2D eigenvalue weighted by atomic mass is 10.2. The molecule has 2 N–H and O–H groups in total. The lowest BCUT2D eigenvalue weighted by Crippen LogP contribution is -2.19. The standard InChI is InChI=1S/C12H14N6/c1-9(12-14-8-15-17-12)13-6-10-7-16-18-5-3-2-4-11(10)18/h2-5,7-9,13H,6H2,1H3,(H,14,15,17). The van der Waals surface area contributed by atoms with Crippen molar-refractivity contribution in [2.75, 3.05) is 0 Å². The van der Waals surface area contributed by atoms with Gasteiger partial charge in [0.15, 0.2) is 0 Å². The Morgan fingerprint density at radius 3 is 3.22 bits per heavy atom. The Bertz CT molecular complexity index is 627. The molecule has 3 rings (SSSR count). The first kappa shape index (κ1) is 10.9. The Hall–Kier alpha value is -2.21. The maximum atomic E-state index is 4.30. The van der Waals surface area contributed by atoms with Crippen LogP contribution in [-0.2, 0) is 6.54 Å². The molecule has 3 heterocycles. The number of H-pyrrole nitrogens is 1. The van der Waals surface area contributed by atoms with Gasteiger partial charge in [0.25, 0.3) is 0 Å². The normalized spacial score (nSPS) is 12.9. The SMILES string of the molecule is CC(NCc1cnn2ccccc12)c1ncn[nH]1. The Morgan fingerprint density at radius 2 is 2.39 bits per heavy atom. The van der Waals surface area contributed by atoms with Gasteiger partial charge in [-0.05, 0) is 19.1 Å². The van der Waals surface area contributed by atoms with Crippen LogP contribution in [0.3, 0.4) is 0 Å². The molecule has 0 aromatic carbocycles. The molecule has 0 amide bonds. The molecule has 1 unspecified atom stereocenters. The highest BCUT2D eigenvalue weighted by atomic mass is 15.2. The van der Waals surface area contributed by atoms with Crippen LogP contribution in [0.5, 0.6) is 0 Å². The largest absolute Gasteiger partial charge is 0.303 e. The van der Waals surface area contributed by atoms with Gasteiger partial charge in [-0.2, -0.15) is 10.2 Å². The maximum absolute atomic E-state index is 4.30. The van der Waals surface area contributed by atoms with E-state index in [1.54, 1.807) is 0 Å². The Morgan fingerprint density at radius 1 is 1.44 bits per heavy atom. The Kier molecular flexibility index (Phi) is 2.77. The minimum absolute atomic E-state index is 0.131. The number of nitrogens with zero attached hydrogens (tertiary/aromatic N) is 4. The number of aromatic amines is 1. The molecule has 0 aliphatic carbocycles. The summed E-state index contributed by atoms with van der Waals surface area (Å²) >= 11 is 0. The zero-order valence-electron chi connectivity index (χ0n) is 10.0. The van der Waals surface area contributed by atoms with Crippen LogP contribution in [0.15, 0.2) is 36.9 Å². The summed E-state index contributed by atoms with van der Waals surface area (Å²) in [6.45, 7) is 2.79. The van der Waals surface area contributed by atoms with E-state index < -0.39 is 0 Å². The molecular formula is C12H14N6. The summed E-state index contributed by atoms with van der Waals surface area (Å²) in [5.74, 6) is 0.839. The minimum Gasteiger partial charge on any atom is -0.303 e. The zero-order chi connectivity index (χ0) is 12.4. The lowest BCUT2D eigenvalue weighted by molar-refractivity contribution is 0.549. The predicted molar refractivity (Wildman–Crippen MR) is 66.8 cm³/mol. The third kappa shape index (κ3) is 1.98. The van der Waals surface area contributed by atoms with E-state index in [0.29, 0.717) is 0 Å². The molecule has 3 aromatic heterocycles. The number of aromatic nitrogens is 5. The molecule has 0 radical (unpaired) electrons. The summed E-state index contributed by atoms with van der Waals surface area (Å²) in [6.07, 6.45) is 5.34. The second kappa shape index (κ2) is 4.58. The van der Waals surface area contributed by atoms with Gasteiger partial charge in [-0.15, -0.1) is 0 Å². The first-order chi connectivity index (χ1) is 8.84. The Balaban J connectivity index is 1.73. The number of nitrogens with one attached hydrogen (secondary N) is 2. The summed E-state index contributed by atoms with van der Waals surface area (Å²) in [7, 11) is 0. The number of pyridine rings is 1. The number of hydrogen-bond acceptors (Lipinski definition) is 4. The van der Waals surface area contributed by atoms with Gasteiger partial charge in [0.05, 0.1) is 17.8 Å². The summed E-state index contributed by atoms with van der Waals surface area (Å²) in [5, 5.41) is 14.4. The molecule has 0 aliphatic heterocycles. The van der Waals surface area contributed by atoms with Crippen LogP contribution in [0.1, 0.15) is 24.4 Å². The second-order valence-corrected chi connectivity index (χ2v) is 4.17. The summed E-state index contributed by atoms with van der Waals surface area (Å²) in [6, 6.07) is 6.17. The summed E-state index contributed by atoms with van der Waals surface area (Å²) in [4.78, 5) is 4.13. The molecule has 6 nitrogen and oxygen atoms in total. The highest BCUT2D eigenvalue weighted by Gasteiger charge is 2.09. The van der Waals surface area contributed by atoms with Gasteiger partial charge in [0, 0.05) is 18.3 Å².